The van der Waals surface area contributed by atoms with Crippen molar-refractivity contribution in [2.24, 2.45) is 5.73 Å². The van der Waals surface area contributed by atoms with Crippen LogP contribution >= 0.6 is 11.3 Å². The van der Waals surface area contributed by atoms with E-state index in [-0.39, 0.29) is 23.0 Å². The van der Waals surface area contributed by atoms with Gasteiger partial charge in [-0.2, -0.15) is 0 Å². The number of hydrogen-bond acceptors (Lipinski definition) is 4. The maximum absolute atomic E-state index is 14.7. The molecule has 4 rings (SSSR count). The van der Waals surface area contributed by atoms with E-state index in [1.165, 1.54) is 17.4 Å². The molecule has 0 fully saturated rings. The van der Waals surface area contributed by atoms with Gasteiger partial charge in [0.05, 0.1) is 5.52 Å². The lowest BCUT2D eigenvalue weighted by atomic mass is 9.92. The number of aromatic amines is 1. The van der Waals surface area contributed by atoms with Crippen LogP contribution in [0.15, 0.2) is 40.5 Å². The molecule has 0 bridgehead atoms. The first-order valence-electron chi connectivity index (χ1n) is 8.68. The van der Waals surface area contributed by atoms with E-state index < -0.39 is 0 Å². The minimum Gasteiger partial charge on any atom is -0.507 e. The van der Waals surface area contributed by atoms with Gasteiger partial charge in [0.1, 0.15) is 16.3 Å². The molecule has 0 unspecified atom stereocenters. The fraction of sp³-hybridized carbons (Fsp3) is 0.190. The van der Waals surface area contributed by atoms with Gasteiger partial charge in [-0.05, 0) is 59.7 Å². The number of aromatic hydroxyl groups is 1. The van der Waals surface area contributed by atoms with E-state index in [9.17, 15) is 14.3 Å². The van der Waals surface area contributed by atoms with Gasteiger partial charge in [0.15, 0.2) is 0 Å². The van der Waals surface area contributed by atoms with Gasteiger partial charge in [-0.25, -0.2) is 4.39 Å². The van der Waals surface area contributed by atoms with Crippen LogP contribution in [-0.2, 0) is 0 Å². The average molecular weight is 382 g/mol. The van der Waals surface area contributed by atoms with Crippen LogP contribution in [0.1, 0.15) is 24.0 Å². The Morgan fingerprint density at radius 3 is 2.78 bits per heavy atom. The molecule has 0 saturated heterocycles. The quantitative estimate of drug-likeness (QED) is 0.483. The van der Waals surface area contributed by atoms with Crippen molar-refractivity contribution in [3.63, 3.8) is 0 Å². The number of phenols is 1. The first kappa shape index (κ1) is 17.7. The summed E-state index contributed by atoms with van der Waals surface area (Å²) in [6.45, 7) is 4.05. The van der Waals surface area contributed by atoms with Crippen molar-refractivity contribution < 1.29 is 9.50 Å². The predicted octanol–water partition coefficient (Wildman–Crippen LogP) is 4.63. The zero-order chi connectivity index (χ0) is 19.3. The maximum atomic E-state index is 14.7. The largest absolute Gasteiger partial charge is 0.507 e. The number of aryl methyl sites for hydroxylation is 1. The Morgan fingerprint density at radius 1 is 1.30 bits per heavy atom. The summed E-state index contributed by atoms with van der Waals surface area (Å²) < 4.78 is 15.3. The van der Waals surface area contributed by atoms with Crippen molar-refractivity contribution in [3.8, 4) is 16.9 Å². The number of halogens is 1. The SMILES string of the molecule is Cc1cc(O)c(-c2ccc([C@@H](C)CN)c(F)c2)c2c1[nH]c(=O)c1sccc12. The van der Waals surface area contributed by atoms with Crippen LogP contribution in [0, 0.1) is 12.7 Å². The van der Waals surface area contributed by atoms with Gasteiger partial charge in [0.25, 0.3) is 5.56 Å². The minimum atomic E-state index is -0.357. The molecule has 0 saturated carbocycles. The van der Waals surface area contributed by atoms with Crippen molar-refractivity contribution in [2.45, 2.75) is 19.8 Å². The first-order valence-corrected chi connectivity index (χ1v) is 9.56. The van der Waals surface area contributed by atoms with E-state index in [1.54, 1.807) is 18.2 Å². The highest BCUT2D eigenvalue weighted by Gasteiger charge is 2.19. The van der Waals surface area contributed by atoms with Gasteiger partial charge in [0.2, 0.25) is 0 Å². The lowest BCUT2D eigenvalue weighted by molar-refractivity contribution is 0.477. The van der Waals surface area contributed by atoms with E-state index in [0.717, 1.165) is 16.3 Å². The number of benzene rings is 2. The lowest BCUT2D eigenvalue weighted by Crippen LogP contribution is -2.10. The minimum absolute atomic E-state index is 0.0542. The van der Waals surface area contributed by atoms with E-state index in [0.29, 0.717) is 33.5 Å². The van der Waals surface area contributed by atoms with Crippen molar-refractivity contribution >= 4 is 32.3 Å². The van der Waals surface area contributed by atoms with Crippen LogP contribution in [0.4, 0.5) is 4.39 Å². The fourth-order valence-corrected chi connectivity index (χ4v) is 4.38. The number of thiophene rings is 1. The Morgan fingerprint density at radius 2 is 2.07 bits per heavy atom. The van der Waals surface area contributed by atoms with Crippen LogP contribution in [0.5, 0.6) is 5.75 Å². The van der Waals surface area contributed by atoms with Crippen LogP contribution < -0.4 is 11.3 Å². The smallest absolute Gasteiger partial charge is 0.266 e. The zero-order valence-corrected chi connectivity index (χ0v) is 15.8. The van der Waals surface area contributed by atoms with Crippen molar-refractivity contribution in [1.29, 1.82) is 0 Å². The summed E-state index contributed by atoms with van der Waals surface area (Å²) in [5.41, 5.74) is 8.53. The van der Waals surface area contributed by atoms with Crippen LogP contribution in [0.2, 0.25) is 0 Å². The van der Waals surface area contributed by atoms with E-state index in [4.69, 9.17) is 5.73 Å². The van der Waals surface area contributed by atoms with E-state index in [1.807, 2.05) is 25.3 Å². The van der Waals surface area contributed by atoms with Crippen LogP contribution in [0.3, 0.4) is 0 Å². The third-order valence-electron chi connectivity index (χ3n) is 5.06. The highest BCUT2D eigenvalue weighted by molar-refractivity contribution is 7.17. The van der Waals surface area contributed by atoms with Gasteiger partial charge < -0.3 is 15.8 Å². The highest BCUT2D eigenvalue weighted by Crippen LogP contribution is 2.41. The number of phenolic OH excluding ortho intramolecular Hbond substituents is 1. The number of fused-ring (bicyclic) bond motifs is 3. The molecule has 4 aromatic rings. The summed E-state index contributed by atoms with van der Waals surface area (Å²) in [6, 6.07) is 8.39. The molecular weight excluding hydrogens is 363 g/mol. The number of rotatable bonds is 3. The lowest BCUT2D eigenvalue weighted by Gasteiger charge is -2.15. The molecule has 1 atom stereocenters. The van der Waals surface area contributed by atoms with Crippen molar-refractivity contribution in [1.82, 2.24) is 4.98 Å². The summed E-state index contributed by atoms with van der Waals surface area (Å²) in [4.78, 5) is 15.3. The molecule has 4 nitrogen and oxygen atoms in total. The third kappa shape index (κ3) is 2.72. The van der Waals surface area contributed by atoms with Gasteiger partial charge in [-0.3, -0.25) is 4.79 Å². The average Bonchev–Trinajstić information content (AvgIpc) is 3.13. The third-order valence-corrected chi connectivity index (χ3v) is 5.97. The standard InChI is InChI=1S/C21H19FN2O2S/c1-10-7-16(25)17(12-3-4-13(11(2)9-23)15(22)8-12)18-14-5-6-27-20(14)21(26)24-19(10)18/h3-8,11,25H,9,23H2,1-2H3,(H,24,26)/t11-/m0/s1. The number of pyridine rings is 1. The Kier molecular flexibility index (Phi) is 4.25. The molecular formula is C21H19FN2O2S. The number of aromatic nitrogens is 1. The molecule has 0 radical (unpaired) electrons. The summed E-state index contributed by atoms with van der Waals surface area (Å²) in [6.07, 6.45) is 0. The maximum Gasteiger partial charge on any atom is 0.266 e. The molecule has 27 heavy (non-hydrogen) atoms. The number of nitrogens with one attached hydrogen (secondary N) is 1. The topological polar surface area (TPSA) is 79.1 Å². The molecule has 0 amide bonds. The van der Waals surface area contributed by atoms with Crippen LogP contribution in [-0.4, -0.2) is 16.6 Å². The van der Waals surface area contributed by atoms with E-state index in [2.05, 4.69) is 4.98 Å². The molecule has 2 aromatic heterocycles. The summed E-state index contributed by atoms with van der Waals surface area (Å²) in [5.74, 6) is -0.398. The molecule has 0 aliphatic carbocycles. The molecule has 6 heteroatoms. The Bertz CT molecular complexity index is 1240. The highest BCUT2D eigenvalue weighted by atomic mass is 32.1. The monoisotopic (exact) mass is 382 g/mol. The summed E-state index contributed by atoms with van der Waals surface area (Å²) in [7, 11) is 0. The normalized spacial score (nSPS) is 12.7. The molecule has 0 spiro atoms. The van der Waals surface area contributed by atoms with E-state index >= 15 is 0 Å². The van der Waals surface area contributed by atoms with Crippen molar-refractivity contribution in [2.75, 3.05) is 6.54 Å². The first-order chi connectivity index (χ1) is 12.9. The van der Waals surface area contributed by atoms with Gasteiger partial charge in [-0.1, -0.05) is 19.1 Å². The molecule has 2 aromatic carbocycles. The van der Waals surface area contributed by atoms with Crippen molar-refractivity contribution in [3.05, 3.63) is 63.0 Å². The fourth-order valence-electron chi connectivity index (χ4n) is 3.58. The second-order valence-corrected chi connectivity index (χ2v) is 7.74. The molecule has 0 aliphatic heterocycles. The van der Waals surface area contributed by atoms with Gasteiger partial charge >= 0.3 is 0 Å². The van der Waals surface area contributed by atoms with Gasteiger partial charge in [-0.15, -0.1) is 11.3 Å². The predicted molar refractivity (Wildman–Crippen MR) is 109 cm³/mol. The summed E-state index contributed by atoms with van der Waals surface area (Å²) in [5, 5.41) is 14.0. The van der Waals surface area contributed by atoms with Crippen LogP contribution in [0.25, 0.3) is 32.1 Å². The molecule has 0 aliphatic rings. The Hall–Kier alpha value is -2.70. The Labute approximate surface area is 159 Å². The zero-order valence-electron chi connectivity index (χ0n) is 15.0. The summed E-state index contributed by atoms with van der Waals surface area (Å²) >= 11 is 1.34. The number of H-pyrrole nitrogens is 1. The molecule has 138 valence electrons. The van der Waals surface area contributed by atoms with Gasteiger partial charge in [0, 0.05) is 16.3 Å². The number of hydrogen-bond donors (Lipinski definition) is 3. The second kappa shape index (κ2) is 6.48. The Balaban J connectivity index is 2.09. The second-order valence-electron chi connectivity index (χ2n) is 6.83. The number of nitrogens with two attached hydrogens (primary N) is 1. The molecule has 2 heterocycles. The molecule has 4 N–H and O–H groups in total.